The average molecular weight is 348 g/mol. The van der Waals surface area contributed by atoms with Crippen molar-refractivity contribution in [3.63, 3.8) is 0 Å². The summed E-state index contributed by atoms with van der Waals surface area (Å²) in [7, 11) is 2.28. The van der Waals surface area contributed by atoms with E-state index in [1.165, 1.54) is 96.6 Å². The monoisotopic (exact) mass is 347 g/mol. The van der Waals surface area contributed by atoms with Crippen LogP contribution in [0.15, 0.2) is 0 Å². The van der Waals surface area contributed by atoms with Gasteiger partial charge in [0.25, 0.3) is 0 Å². The minimum Gasteiger partial charge on any atom is -0.306 e. The van der Waals surface area contributed by atoms with Gasteiger partial charge in [-0.05, 0) is 39.4 Å². The Morgan fingerprint density at radius 2 is 1.00 bits per heavy atom. The van der Waals surface area contributed by atoms with Gasteiger partial charge in [-0.1, -0.05) is 87.1 Å². The van der Waals surface area contributed by atoms with Gasteiger partial charge in [-0.3, -0.25) is 0 Å². The van der Waals surface area contributed by atoms with Crippen molar-refractivity contribution in [1.29, 1.82) is 0 Å². The molecule has 0 aromatic rings. The molecule has 0 radical (unpaired) electrons. The Labute approximate surface area is 137 Å². The number of alkyl halides is 1. The highest BCUT2D eigenvalue weighted by Gasteiger charge is 1.98. The lowest BCUT2D eigenvalue weighted by Gasteiger charge is -2.16. The average Bonchev–Trinajstić information content (AvgIpc) is 2.45. The van der Waals surface area contributed by atoms with Crippen molar-refractivity contribution < 1.29 is 0 Å². The van der Waals surface area contributed by atoms with E-state index in [1.807, 2.05) is 0 Å². The molecule has 0 aliphatic rings. The number of rotatable bonds is 16. The summed E-state index contributed by atoms with van der Waals surface area (Å²) in [6, 6.07) is 0. The van der Waals surface area contributed by atoms with Crippen molar-refractivity contribution >= 4 is 15.9 Å². The van der Waals surface area contributed by atoms with Crippen molar-refractivity contribution in [1.82, 2.24) is 4.90 Å². The van der Waals surface area contributed by atoms with Gasteiger partial charge in [-0.2, -0.15) is 0 Å². The molecule has 0 aromatic heterocycles. The predicted molar refractivity (Wildman–Crippen MR) is 97.0 cm³/mol. The van der Waals surface area contributed by atoms with Crippen LogP contribution >= 0.6 is 15.9 Å². The van der Waals surface area contributed by atoms with E-state index >= 15 is 0 Å². The van der Waals surface area contributed by atoms with Gasteiger partial charge in [-0.15, -0.1) is 0 Å². The maximum atomic E-state index is 3.49. The summed E-state index contributed by atoms with van der Waals surface area (Å²) in [6.45, 7) is 4.87. The number of halogens is 1. The van der Waals surface area contributed by atoms with Gasteiger partial charge in [-0.25, -0.2) is 0 Å². The molecule has 0 atom stereocenters. The highest BCUT2D eigenvalue weighted by Crippen LogP contribution is 2.10. The van der Waals surface area contributed by atoms with Gasteiger partial charge in [0.15, 0.2) is 0 Å². The second kappa shape index (κ2) is 17.5. The quantitative estimate of drug-likeness (QED) is 0.230. The number of nitrogens with zero attached hydrogens (tertiary/aromatic N) is 1. The maximum Gasteiger partial charge on any atom is 0.00313 e. The Kier molecular flexibility index (Phi) is 17.9. The molecule has 0 aliphatic heterocycles. The first kappa shape index (κ1) is 20.4. The fourth-order valence-electron chi connectivity index (χ4n) is 2.63. The van der Waals surface area contributed by atoms with Gasteiger partial charge < -0.3 is 4.90 Å². The zero-order chi connectivity index (χ0) is 14.9. The standard InChI is InChI=1S/C18H38BrN/c1-3-4-5-6-7-8-9-10-11-14-17-20(2)18-15-12-13-16-19/h3-18H2,1-2H3. The molecule has 0 heterocycles. The van der Waals surface area contributed by atoms with Crippen LogP contribution in [-0.4, -0.2) is 30.4 Å². The summed E-state index contributed by atoms with van der Waals surface area (Å²) in [5, 5.41) is 1.16. The minimum absolute atomic E-state index is 1.16. The lowest BCUT2D eigenvalue weighted by atomic mass is 10.1. The van der Waals surface area contributed by atoms with Crippen molar-refractivity contribution in [2.24, 2.45) is 0 Å². The largest absolute Gasteiger partial charge is 0.306 e. The van der Waals surface area contributed by atoms with Gasteiger partial charge in [0.1, 0.15) is 0 Å². The van der Waals surface area contributed by atoms with Crippen molar-refractivity contribution in [2.75, 3.05) is 25.5 Å². The van der Waals surface area contributed by atoms with Gasteiger partial charge in [0.2, 0.25) is 0 Å². The Morgan fingerprint density at radius 1 is 0.600 bits per heavy atom. The second-order valence-corrected chi connectivity index (χ2v) is 7.03. The number of unbranched alkanes of at least 4 members (excludes halogenated alkanes) is 11. The van der Waals surface area contributed by atoms with Crippen molar-refractivity contribution in [2.45, 2.75) is 90.4 Å². The molecule has 0 aromatic carbocycles. The van der Waals surface area contributed by atoms with Crippen LogP contribution in [0, 0.1) is 0 Å². The summed E-state index contributed by atoms with van der Waals surface area (Å²) >= 11 is 3.49. The first-order valence-corrected chi connectivity index (χ1v) is 10.2. The third-order valence-corrected chi connectivity index (χ3v) is 4.63. The Morgan fingerprint density at radius 3 is 1.45 bits per heavy atom. The van der Waals surface area contributed by atoms with E-state index in [4.69, 9.17) is 0 Å². The molecule has 0 aliphatic carbocycles. The molecule has 20 heavy (non-hydrogen) atoms. The maximum absolute atomic E-state index is 3.49. The van der Waals surface area contributed by atoms with E-state index in [0.29, 0.717) is 0 Å². The van der Waals surface area contributed by atoms with E-state index in [9.17, 15) is 0 Å². The zero-order valence-electron chi connectivity index (χ0n) is 14.1. The van der Waals surface area contributed by atoms with Crippen LogP contribution in [0.4, 0.5) is 0 Å². The normalized spacial score (nSPS) is 11.4. The first-order chi connectivity index (χ1) is 9.81. The number of hydrogen-bond acceptors (Lipinski definition) is 1. The Balaban J connectivity index is 3.07. The Hall–Kier alpha value is 0.440. The summed E-state index contributed by atoms with van der Waals surface area (Å²) in [4.78, 5) is 2.51. The third kappa shape index (κ3) is 16.5. The molecule has 0 rings (SSSR count). The van der Waals surface area contributed by atoms with Crippen molar-refractivity contribution in [3.05, 3.63) is 0 Å². The van der Waals surface area contributed by atoms with Crippen LogP contribution in [0.25, 0.3) is 0 Å². The molecule has 0 saturated carbocycles. The summed E-state index contributed by atoms with van der Waals surface area (Å²) in [5.74, 6) is 0. The summed E-state index contributed by atoms with van der Waals surface area (Å²) in [5.41, 5.74) is 0. The molecule has 0 saturated heterocycles. The lowest BCUT2D eigenvalue weighted by molar-refractivity contribution is 0.316. The lowest BCUT2D eigenvalue weighted by Crippen LogP contribution is -2.20. The highest BCUT2D eigenvalue weighted by atomic mass is 79.9. The van der Waals surface area contributed by atoms with Crippen LogP contribution in [-0.2, 0) is 0 Å². The molecule has 0 N–H and O–H groups in total. The Bertz CT molecular complexity index is 173. The molecule has 0 bridgehead atoms. The zero-order valence-corrected chi connectivity index (χ0v) is 15.7. The molecule has 0 amide bonds. The number of hydrogen-bond donors (Lipinski definition) is 0. The van der Waals surface area contributed by atoms with E-state index in [-0.39, 0.29) is 0 Å². The van der Waals surface area contributed by atoms with E-state index in [2.05, 4.69) is 34.8 Å². The van der Waals surface area contributed by atoms with Crippen LogP contribution in [0.1, 0.15) is 90.4 Å². The molecule has 2 heteroatoms. The fraction of sp³-hybridized carbons (Fsp3) is 1.00. The molecular formula is C18H38BrN. The SMILES string of the molecule is CCCCCCCCCCCCN(C)CCCCCBr. The first-order valence-electron chi connectivity index (χ1n) is 9.05. The molecule has 0 fully saturated rings. The van der Waals surface area contributed by atoms with E-state index < -0.39 is 0 Å². The molecule has 122 valence electrons. The summed E-state index contributed by atoms with van der Waals surface area (Å²) in [6.07, 6.45) is 18.4. The molecule has 0 unspecified atom stereocenters. The summed E-state index contributed by atoms with van der Waals surface area (Å²) < 4.78 is 0. The second-order valence-electron chi connectivity index (χ2n) is 6.23. The van der Waals surface area contributed by atoms with Crippen LogP contribution in [0.3, 0.4) is 0 Å². The molecule has 1 nitrogen and oxygen atoms in total. The van der Waals surface area contributed by atoms with Crippen LogP contribution in [0.5, 0.6) is 0 Å². The minimum atomic E-state index is 1.16. The topological polar surface area (TPSA) is 3.24 Å². The van der Waals surface area contributed by atoms with E-state index in [0.717, 1.165) is 5.33 Å². The van der Waals surface area contributed by atoms with Crippen LogP contribution < -0.4 is 0 Å². The smallest absolute Gasteiger partial charge is 0.00313 e. The van der Waals surface area contributed by atoms with Gasteiger partial charge in [0.05, 0.1) is 0 Å². The molecular weight excluding hydrogens is 310 g/mol. The van der Waals surface area contributed by atoms with Gasteiger partial charge in [0, 0.05) is 5.33 Å². The van der Waals surface area contributed by atoms with Gasteiger partial charge >= 0.3 is 0 Å². The van der Waals surface area contributed by atoms with Crippen molar-refractivity contribution in [3.8, 4) is 0 Å². The van der Waals surface area contributed by atoms with E-state index in [1.54, 1.807) is 0 Å². The third-order valence-electron chi connectivity index (χ3n) is 4.07. The molecule has 0 spiro atoms. The predicted octanol–water partition coefficient (Wildman–Crippen LogP) is 6.40. The highest BCUT2D eigenvalue weighted by molar-refractivity contribution is 9.09. The fourth-order valence-corrected chi connectivity index (χ4v) is 3.03. The van der Waals surface area contributed by atoms with Crippen LogP contribution in [0.2, 0.25) is 0 Å².